The normalized spacial score (nSPS) is 12.4. The molecule has 0 atom stereocenters. The monoisotopic (exact) mass is 304 g/mol. The van der Waals surface area contributed by atoms with Crippen LogP contribution in [-0.4, -0.2) is 23.1 Å². The van der Waals surface area contributed by atoms with E-state index in [1.165, 1.54) is 0 Å². The molecule has 0 bridgehead atoms. The number of amides is 2. The Morgan fingerprint density at radius 2 is 2.00 bits per heavy atom. The zero-order chi connectivity index (χ0) is 16.2. The van der Waals surface area contributed by atoms with Gasteiger partial charge in [-0.25, -0.2) is 4.79 Å². The maximum atomic E-state index is 12.7. The minimum Gasteiger partial charge on any atom is -0.409 e. The lowest BCUT2D eigenvalue weighted by atomic mass is 10.1. The third-order valence-electron chi connectivity index (χ3n) is 2.40. The lowest BCUT2D eigenvalue weighted by Crippen LogP contribution is -2.34. The smallest absolute Gasteiger partial charge is 0.409 e. The highest BCUT2D eigenvalue weighted by Crippen LogP contribution is 2.31. The number of nitrogens with one attached hydrogen (secondary N) is 2. The molecule has 0 saturated carbocycles. The predicted molar refractivity (Wildman–Crippen MR) is 71.2 cm³/mol. The molecule has 0 fully saturated rings. The number of hydrogen-bond acceptors (Lipinski definition) is 3. The molecular formula is C12H15F3N4O2. The standard InChI is InChI=1S/C12H15F3N4O2/c1-6(2)17-11(20)18-9-4-3-7(12(13,14)15)5-8(9)10(16)19-21/h3-6,21H,1-2H3,(H2,16,19)(H2,17,18,20). The van der Waals surface area contributed by atoms with E-state index < -0.39 is 23.6 Å². The van der Waals surface area contributed by atoms with Crippen LogP contribution in [0.5, 0.6) is 0 Å². The van der Waals surface area contributed by atoms with Gasteiger partial charge < -0.3 is 21.6 Å². The summed E-state index contributed by atoms with van der Waals surface area (Å²) in [5.41, 5.74) is 4.14. The van der Waals surface area contributed by atoms with Crippen LogP contribution in [0.3, 0.4) is 0 Å². The highest BCUT2D eigenvalue weighted by Gasteiger charge is 2.31. The van der Waals surface area contributed by atoms with Crippen molar-refractivity contribution in [1.82, 2.24) is 5.32 Å². The maximum Gasteiger partial charge on any atom is 0.416 e. The number of anilines is 1. The van der Waals surface area contributed by atoms with Crippen molar-refractivity contribution in [2.45, 2.75) is 26.1 Å². The highest BCUT2D eigenvalue weighted by molar-refractivity contribution is 6.05. The van der Waals surface area contributed by atoms with E-state index in [0.717, 1.165) is 12.1 Å². The first kappa shape index (κ1) is 16.6. The number of rotatable bonds is 3. The largest absolute Gasteiger partial charge is 0.416 e. The van der Waals surface area contributed by atoms with Crippen molar-refractivity contribution in [3.8, 4) is 0 Å². The molecule has 5 N–H and O–H groups in total. The summed E-state index contributed by atoms with van der Waals surface area (Å²) in [7, 11) is 0. The van der Waals surface area contributed by atoms with Crippen molar-refractivity contribution in [2.75, 3.05) is 5.32 Å². The third-order valence-corrected chi connectivity index (χ3v) is 2.40. The van der Waals surface area contributed by atoms with E-state index in [1.54, 1.807) is 13.8 Å². The Bertz CT molecular complexity index is 556. The van der Waals surface area contributed by atoms with E-state index in [4.69, 9.17) is 10.9 Å². The van der Waals surface area contributed by atoms with Crippen molar-refractivity contribution in [3.05, 3.63) is 29.3 Å². The lowest BCUT2D eigenvalue weighted by molar-refractivity contribution is -0.137. The number of oxime groups is 1. The van der Waals surface area contributed by atoms with Crippen molar-refractivity contribution in [2.24, 2.45) is 10.9 Å². The molecule has 0 aliphatic heterocycles. The van der Waals surface area contributed by atoms with Crippen LogP contribution in [0.1, 0.15) is 25.0 Å². The molecule has 1 aromatic rings. The second-order valence-corrected chi connectivity index (χ2v) is 4.50. The number of urea groups is 1. The Morgan fingerprint density at radius 3 is 2.48 bits per heavy atom. The van der Waals surface area contributed by atoms with Gasteiger partial charge in [0.25, 0.3) is 0 Å². The molecule has 2 amide bonds. The molecule has 0 aliphatic rings. The molecule has 9 heteroatoms. The van der Waals surface area contributed by atoms with Gasteiger partial charge in [0, 0.05) is 11.6 Å². The van der Waals surface area contributed by atoms with Gasteiger partial charge in [0.2, 0.25) is 0 Å². The van der Waals surface area contributed by atoms with E-state index in [0.29, 0.717) is 6.07 Å². The van der Waals surface area contributed by atoms with Crippen LogP contribution in [0.15, 0.2) is 23.4 Å². The van der Waals surface area contributed by atoms with E-state index >= 15 is 0 Å². The van der Waals surface area contributed by atoms with Crippen LogP contribution in [0.2, 0.25) is 0 Å². The van der Waals surface area contributed by atoms with Crippen LogP contribution in [0, 0.1) is 0 Å². The van der Waals surface area contributed by atoms with Gasteiger partial charge in [-0.05, 0) is 32.0 Å². The van der Waals surface area contributed by atoms with Crippen LogP contribution in [0.4, 0.5) is 23.7 Å². The quantitative estimate of drug-likeness (QED) is 0.298. The van der Waals surface area contributed by atoms with Gasteiger partial charge in [-0.3, -0.25) is 0 Å². The van der Waals surface area contributed by atoms with E-state index in [-0.39, 0.29) is 17.3 Å². The number of alkyl halides is 3. The summed E-state index contributed by atoms with van der Waals surface area (Å²) in [6.45, 7) is 3.44. The molecular weight excluding hydrogens is 289 g/mol. The Morgan fingerprint density at radius 1 is 1.38 bits per heavy atom. The number of halogens is 3. The number of amidine groups is 1. The fourth-order valence-electron chi connectivity index (χ4n) is 1.52. The number of benzene rings is 1. The summed E-state index contributed by atoms with van der Waals surface area (Å²) in [5, 5.41) is 16.2. The second kappa shape index (κ2) is 6.33. The Labute approximate surface area is 118 Å². The predicted octanol–water partition coefficient (Wildman–Crippen LogP) is 2.33. The zero-order valence-electron chi connectivity index (χ0n) is 11.3. The van der Waals surface area contributed by atoms with Gasteiger partial charge >= 0.3 is 12.2 Å². The van der Waals surface area contributed by atoms with Gasteiger partial charge in [0.15, 0.2) is 5.84 Å². The van der Waals surface area contributed by atoms with E-state index in [2.05, 4.69) is 15.8 Å². The van der Waals surface area contributed by atoms with Crippen LogP contribution in [-0.2, 0) is 6.18 Å². The highest BCUT2D eigenvalue weighted by atomic mass is 19.4. The molecule has 6 nitrogen and oxygen atoms in total. The average molecular weight is 304 g/mol. The van der Waals surface area contributed by atoms with Crippen molar-refractivity contribution >= 4 is 17.6 Å². The van der Waals surface area contributed by atoms with E-state index in [9.17, 15) is 18.0 Å². The number of carbonyl (C=O) groups excluding carboxylic acids is 1. The molecule has 0 aliphatic carbocycles. The van der Waals surface area contributed by atoms with Gasteiger partial charge in [-0.2, -0.15) is 13.2 Å². The molecule has 0 saturated heterocycles. The molecule has 21 heavy (non-hydrogen) atoms. The molecule has 1 rings (SSSR count). The summed E-state index contributed by atoms with van der Waals surface area (Å²) in [6.07, 6.45) is -4.58. The van der Waals surface area contributed by atoms with Crippen LogP contribution in [0.25, 0.3) is 0 Å². The first-order valence-electron chi connectivity index (χ1n) is 5.91. The third kappa shape index (κ3) is 4.55. The summed E-state index contributed by atoms with van der Waals surface area (Å²) in [4.78, 5) is 11.6. The number of nitrogens with two attached hydrogens (primary N) is 1. The molecule has 116 valence electrons. The maximum absolute atomic E-state index is 12.7. The van der Waals surface area contributed by atoms with Crippen LogP contribution >= 0.6 is 0 Å². The first-order chi connectivity index (χ1) is 9.65. The van der Waals surface area contributed by atoms with Gasteiger partial charge in [0.1, 0.15) is 0 Å². The van der Waals surface area contributed by atoms with Crippen molar-refractivity contribution in [3.63, 3.8) is 0 Å². The first-order valence-corrected chi connectivity index (χ1v) is 5.91. The Kier molecular flexibility index (Phi) is 5.01. The van der Waals surface area contributed by atoms with Crippen LogP contribution < -0.4 is 16.4 Å². The number of nitrogens with zero attached hydrogens (tertiary/aromatic N) is 1. The van der Waals surface area contributed by atoms with Gasteiger partial charge in [0.05, 0.1) is 11.3 Å². The topological polar surface area (TPSA) is 99.7 Å². The summed E-state index contributed by atoms with van der Waals surface area (Å²) in [5.74, 6) is -0.541. The van der Waals surface area contributed by atoms with E-state index in [1.807, 2.05) is 0 Å². The zero-order valence-corrected chi connectivity index (χ0v) is 11.3. The lowest BCUT2D eigenvalue weighted by Gasteiger charge is -2.15. The van der Waals surface area contributed by atoms with Crippen molar-refractivity contribution < 1.29 is 23.2 Å². The molecule has 0 heterocycles. The summed E-state index contributed by atoms with van der Waals surface area (Å²) in [6, 6.07) is 1.75. The fraction of sp³-hybridized carbons (Fsp3) is 0.333. The van der Waals surface area contributed by atoms with Gasteiger partial charge in [-0.1, -0.05) is 5.16 Å². The molecule has 0 unspecified atom stereocenters. The number of carbonyl (C=O) groups is 1. The minimum atomic E-state index is -4.58. The molecule has 1 aromatic carbocycles. The summed E-state index contributed by atoms with van der Waals surface area (Å²) < 4.78 is 38.0. The van der Waals surface area contributed by atoms with Gasteiger partial charge in [-0.15, -0.1) is 0 Å². The molecule has 0 aromatic heterocycles. The molecule has 0 radical (unpaired) electrons. The number of hydrogen-bond donors (Lipinski definition) is 4. The Hall–Kier alpha value is -2.45. The fourth-order valence-corrected chi connectivity index (χ4v) is 1.52. The SMILES string of the molecule is CC(C)NC(=O)Nc1ccc(C(F)(F)F)cc1/C(N)=N/O. The average Bonchev–Trinajstić information content (AvgIpc) is 2.35. The van der Waals surface area contributed by atoms with Crippen molar-refractivity contribution in [1.29, 1.82) is 0 Å². The minimum absolute atomic E-state index is 0.00329. The summed E-state index contributed by atoms with van der Waals surface area (Å²) >= 11 is 0. The molecule has 0 spiro atoms. The second-order valence-electron chi connectivity index (χ2n) is 4.50. The Balaban J connectivity index is 3.17.